The monoisotopic (exact) mass is 198 g/mol. The van der Waals surface area contributed by atoms with Crippen LogP contribution in [0.3, 0.4) is 0 Å². The highest BCUT2D eigenvalue weighted by Gasteiger charge is 2.23. The molecule has 6 heteroatoms. The van der Waals surface area contributed by atoms with Gasteiger partial charge >= 0.3 is 5.97 Å². The second-order valence-corrected chi connectivity index (χ2v) is 2.71. The van der Waals surface area contributed by atoms with Crippen LogP contribution in [0.15, 0.2) is 11.1 Å². The van der Waals surface area contributed by atoms with Crippen molar-refractivity contribution < 1.29 is 14.6 Å². The summed E-state index contributed by atoms with van der Waals surface area (Å²) in [6, 6.07) is 0. The van der Waals surface area contributed by atoms with E-state index in [2.05, 4.69) is 14.7 Å². The largest absolute Gasteiger partial charge is 0.493 e. The van der Waals surface area contributed by atoms with Crippen LogP contribution >= 0.6 is 0 Å². The fourth-order valence-corrected chi connectivity index (χ4v) is 1.09. The van der Waals surface area contributed by atoms with E-state index in [1.807, 2.05) is 0 Å². The predicted molar refractivity (Wildman–Crippen MR) is 47.0 cm³/mol. The van der Waals surface area contributed by atoms with E-state index in [0.717, 1.165) is 6.33 Å². The molecule has 1 rings (SSSR count). The molecule has 0 aliphatic heterocycles. The van der Waals surface area contributed by atoms with Crippen LogP contribution in [0.1, 0.15) is 18.4 Å². The first-order valence-corrected chi connectivity index (χ1v) is 3.92. The van der Waals surface area contributed by atoms with E-state index < -0.39 is 23.3 Å². The lowest BCUT2D eigenvalue weighted by atomic mass is 10.0. The van der Waals surface area contributed by atoms with Crippen molar-refractivity contribution in [2.24, 2.45) is 0 Å². The number of aromatic nitrogens is 2. The average molecular weight is 198 g/mol. The van der Waals surface area contributed by atoms with Crippen molar-refractivity contribution in [1.82, 2.24) is 9.97 Å². The molecule has 0 fully saturated rings. The Kier molecular flexibility index (Phi) is 2.85. The van der Waals surface area contributed by atoms with Gasteiger partial charge in [-0.3, -0.25) is 9.59 Å². The smallest absolute Gasteiger partial charge is 0.313 e. The number of aromatic hydroxyl groups is 1. The highest BCUT2D eigenvalue weighted by molar-refractivity contribution is 5.78. The molecule has 0 radical (unpaired) electrons. The molecular weight excluding hydrogens is 188 g/mol. The molecule has 2 N–H and O–H groups in total. The third-order valence-corrected chi connectivity index (χ3v) is 1.86. The summed E-state index contributed by atoms with van der Waals surface area (Å²) >= 11 is 0. The Morgan fingerprint density at radius 2 is 2.36 bits per heavy atom. The minimum absolute atomic E-state index is 0.0839. The van der Waals surface area contributed by atoms with Crippen molar-refractivity contribution in [1.29, 1.82) is 0 Å². The van der Waals surface area contributed by atoms with Gasteiger partial charge in [-0.05, 0) is 6.92 Å². The normalized spacial score (nSPS) is 12.1. The molecule has 0 amide bonds. The zero-order valence-electron chi connectivity index (χ0n) is 7.77. The van der Waals surface area contributed by atoms with Gasteiger partial charge in [-0.15, -0.1) is 0 Å². The first kappa shape index (κ1) is 10.2. The van der Waals surface area contributed by atoms with Gasteiger partial charge in [0.2, 0.25) is 5.88 Å². The number of hydrogen-bond acceptors (Lipinski definition) is 5. The number of ether oxygens (including phenoxy) is 1. The summed E-state index contributed by atoms with van der Waals surface area (Å²) in [6.45, 7) is 1.46. The van der Waals surface area contributed by atoms with Crippen LogP contribution in [0.25, 0.3) is 0 Å². The number of nitrogens with zero attached hydrogens (tertiary/aromatic N) is 1. The molecule has 0 spiro atoms. The molecule has 0 saturated heterocycles. The number of H-pyrrole nitrogens is 1. The highest BCUT2D eigenvalue weighted by atomic mass is 16.5. The van der Waals surface area contributed by atoms with Gasteiger partial charge in [-0.25, -0.2) is 4.98 Å². The summed E-state index contributed by atoms with van der Waals surface area (Å²) in [5.41, 5.74) is -0.630. The van der Waals surface area contributed by atoms with Crippen LogP contribution in [0.2, 0.25) is 0 Å². The molecule has 1 aromatic heterocycles. The summed E-state index contributed by atoms with van der Waals surface area (Å²) in [6.07, 6.45) is 1.06. The van der Waals surface area contributed by atoms with E-state index in [1.165, 1.54) is 14.0 Å². The second kappa shape index (κ2) is 3.91. The van der Waals surface area contributed by atoms with Crippen LogP contribution < -0.4 is 5.56 Å². The Bertz CT molecular complexity index is 399. The maximum atomic E-state index is 11.2. The van der Waals surface area contributed by atoms with Gasteiger partial charge in [-0.1, -0.05) is 0 Å². The Balaban J connectivity index is 3.19. The Morgan fingerprint density at radius 1 is 1.71 bits per heavy atom. The van der Waals surface area contributed by atoms with Crippen molar-refractivity contribution in [2.75, 3.05) is 7.11 Å². The van der Waals surface area contributed by atoms with Crippen LogP contribution in [0.4, 0.5) is 0 Å². The molecule has 1 heterocycles. The predicted octanol–water partition coefficient (Wildman–Crippen LogP) is -0.248. The summed E-state index contributed by atoms with van der Waals surface area (Å²) in [4.78, 5) is 28.1. The van der Waals surface area contributed by atoms with E-state index in [1.54, 1.807) is 0 Å². The molecule has 14 heavy (non-hydrogen) atoms. The first-order valence-electron chi connectivity index (χ1n) is 3.92. The Hall–Kier alpha value is -1.85. The third kappa shape index (κ3) is 1.73. The topological polar surface area (TPSA) is 92.3 Å². The zero-order chi connectivity index (χ0) is 10.7. The van der Waals surface area contributed by atoms with Gasteiger partial charge in [-0.2, -0.15) is 0 Å². The van der Waals surface area contributed by atoms with Gasteiger partial charge in [0.05, 0.1) is 24.9 Å². The number of esters is 1. The highest BCUT2D eigenvalue weighted by Crippen LogP contribution is 2.19. The molecule has 0 aliphatic rings. The number of aromatic amines is 1. The van der Waals surface area contributed by atoms with Crippen molar-refractivity contribution in [3.8, 4) is 5.88 Å². The Labute approximate surface area is 79.6 Å². The zero-order valence-corrected chi connectivity index (χ0v) is 7.77. The molecule has 0 saturated carbocycles. The first-order chi connectivity index (χ1) is 6.57. The molecule has 0 aromatic carbocycles. The number of hydrogen-bond donors (Lipinski definition) is 2. The molecular formula is C8H10N2O4. The van der Waals surface area contributed by atoms with Crippen molar-refractivity contribution in [3.63, 3.8) is 0 Å². The minimum atomic E-state index is -0.836. The number of carbonyl (C=O) groups is 1. The van der Waals surface area contributed by atoms with Gasteiger partial charge in [0.1, 0.15) is 0 Å². The average Bonchev–Trinajstić information content (AvgIpc) is 2.16. The number of rotatable bonds is 2. The molecule has 0 bridgehead atoms. The number of methoxy groups -OCH3 is 1. The second-order valence-electron chi connectivity index (χ2n) is 2.71. The van der Waals surface area contributed by atoms with Crippen LogP contribution in [-0.4, -0.2) is 28.2 Å². The fraction of sp³-hybridized carbons (Fsp3) is 0.375. The van der Waals surface area contributed by atoms with Crippen LogP contribution in [0.5, 0.6) is 5.88 Å². The maximum absolute atomic E-state index is 11.2. The van der Waals surface area contributed by atoms with Gasteiger partial charge < -0.3 is 14.8 Å². The molecule has 1 aromatic rings. The lowest BCUT2D eigenvalue weighted by Gasteiger charge is -2.08. The van der Waals surface area contributed by atoms with Crippen LogP contribution in [0, 0.1) is 0 Å². The van der Waals surface area contributed by atoms with E-state index in [4.69, 9.17) is 0 Å². The molecule has 1 atom stereocenters. The van der Waals surface area contributed by atoms with Crippen molar-refractivity contribution >= 4 is 5.97 Å². The maximum Gasteiger partial charge on any atom is 0.313 e. The van der Waals surface area contributed by atoms with Crippen molar-refractivity contribution in [3.05, 3.63) is 22.2 Å². The molecule has 6 nitrogen and oxygen atoms in total. The van der Waals surface area contributed by atoms with Gasteiger partial charge in [0.25, 0.3) is 5.56 Å². The molecule has 76 valence electrons. The van der Waals surface area contributed by atoms with Gasteiger partial charge in [0.15, 0.2) is 0 Å². The van der Waals surface area contributed by atoms with E-state index in [9.17, 15) is 14.7 Å². The quantitative estimate of drug-likeness (QED) is 0.639. The molecule has 0 aliphatic carbocycles. The SMILES string of the molecule is COC(=O)C(C)c1c(O)nc[nH]c1=O. The lowest BCUT2D eigenvalue weighted by molar-refractivity contribution is -0.142. The summed E-state index contributed by atoms with van der Waals surface area (Å²) in [5, 5.41) is 9.27. The third-order valence-electron chi connectivity index (χ3n) is 1.86. The fourth-order valence-electron chi connectivity index (χ4n) is 1.09. The molecule has 1 unspecified atom stereocenters. The number of carbonyl (C=O) groups excluding carboxylic acids is 1. The van der Waals surface area contributed by atoms with E-state index in [-0.39, 0.29) is 5.56 Å². The standard InChI is InChI=1S/C8H10N2O4/c1-4(8(13)14-2)5-6(11)9-3-10-7(5)12/h3-4H,1-2H3,(H2,9,10,11,12). The van der Waals surface area contributed by atoms with Crippen molar-refractivity contribution in [2.45, 2.75) is 12.8 Å². The van der Waals surface area contributed by atoms with Crippen LogP contribution in [-0.2, 0) is 9.53 Å². The van der Waals surface area contributed by atoms with E-state index >= 15 is 0 Å². The van der Waals surface area contributed by atoms with E-state index in [0.29, 0.717) is 0 Å². The summed E-state index contributed by atoms with van der Waals surface area (Å²) < 4.78 is 4.45. The van der Waals surface area contributed by atoms with Gasteiger partial charge in [0, 0.05) is 0 Å². The summed E-state index contributed by atoms with van der Waals surface area (Å²) in [5.74, 6) is -1.89. The minimum Gasteiger partial charge on any atom is -0.493 e. The summed E-state index contributed by atoms with van der Waals surface area (Å²) in [7, 11) is 1.21. The Morgan fingerprint density at radius 3 is 2.86 bits per heavy atom. The lowest BCUT2D eigenvalue weighted by Crippen LogP contribution is -2.21. The number of nitrogens with one attached hydrogen (secondary N) is 1.